The zero-order valence-corrected chi connectivity index (χ0v) is 8.43. The molecule has 0 radical (unpaired) electrons. The molecule has 78 valence electrons. The van der Waals surface area contributed by atoms with E-state index in [0.717, 1.165) is 24.9 Å². The van der Waals surface area contributed by atoms with Crippen LogP contribution in [0.4, 0.5) is 0 Å². The van der Waals surface area contributed by atoms with Crippen molar-refractivity contribution in [2.75, 3.05) is 6.61 Å². The molecule has 1 aliphatic heterocycles. The molecular formula is C12H13NO2. The maximum Gasteiger partial charge on any atom is 0.150 e. The number of ether oxygens (including phenoxy) is 1. The highest BCUT2D eigenvalue weighted by atomic mass is 16.5. The maximum absolute atomic E-state index is 10.4. The van der Waals surface area contributed by atoms with E-state index in [1.54, 1.807) is 12.1 Å². The summed E-state index contributed by atoms with van der Waals surface area (Å²) in [5.41, 5.74) is 0.675. The Hall–Kier alpha value is -1.64. The number of carbonyl (C=O) groups excluding carboxylic acids is 1. The van der Waals surface area contributed by atoms with Crippen molar-refractivity contribution in [2.45, 2.75) is 18.9 Å². The number of hydrogen-bond donors (Lipinski definition) is 0. The van der Waals surface area contributed by atoms with Crippen LogP contribution in [0, 0.1) is 0 Å². The van der Waals surface area contributed by atoms with Gasteiger partial charge in [0.15, 0.2) is 0 Å². The molecule has 1 aromatic carbocycles. The quantitative estimate of drug-likeness (QED) is 0.524. The first-order chi connectivity index (χ1) is 7.38. The number of benzene rings is 1. The molecule has 0 aliphatic carbocycles. The van der Waals surface area contributed by atoms with Crippen LogP contribution < -0.4 is 4.74 Å². The highest BCUT2D eigenvalue weighted by Gasteiger charge is 2.11. The van der Waals surface area contributed by atoms with Crippen molar-refractivity contribution in [3.8, 4) is 5.75 Å². The Balaban J connectivity index is 1.69. The third-order valence-corrected chi connectivity index (χ3v) is 2.29. The molecule has 0 fully saturated rings. The predicted octanol–water partition coefficient (Wildman–Crippen LogP) is 2.11. The normalized spacial score (nSPS) is 17.5. The van der Waals surface area contributed by atoms with Gasteiger partial charge < -0.3 is 4.74 Å². The minimum atomic E-state index is 0.478. The zero-order valence-electron chi connectivity index (χ0n) is 8.43. The zero-order chi connectivity index (χ0) is 10.5. The Morgan fingerprint density at radius 3 is 2.67 bits per heavy atom. The summed E-state index contributed by atoms with van der Waals surface area (Å²) in [7, 11) is 0. The minimum Gasteiger partial charge on any atom is -0.494 e. The highest BCUT2D eigenvalue weighted by molar-refractivity contribution is 5.77. The van der Waals surface area contributed by atoms with Gasteiger partial charge in [0.05, 0.1) is 12.6 Å². The van der Waals surface area contributed by atoms with Crippen LogP contribution in [0.2, 0.25) is 0 Å². The lowest BCUT2D eigenvalue weighted by Crippen LogP contribution is -1.99. The standard InChI is InChI=1S/C12H13NO2/c14-9-10-3-5-12(6-4-10)15-7-1-2-11-8-13-11/h3-6,8-9,11H,1-2,7H2. The number of rotatable bonds is 6. The summed E-state index contributed by atoms with van der Waals surface area (Å²) in [5, 5.41) is 0. The van der Waals surface area contributed by atoms with Gasteiger partial charge in [0.1, 0.15) is 12.0 Å². The molecule has 1 aliphatic rings. The number of carbonyl (C=O) groups is 1. The third-order valence-electron chi connectivity index (χ3n) is 2.29. The van der Waals surface area contributed by atoms with Crippen LogP contribution >= 0.6 is 0 Å². The summed E-state index contributed by atoms with van der Waals surface area (Å²) in [4.78, 5) is 14.5. The lowest BCUT2D eigenvalue weighted by Gasteiger charge is -2.05. The molecule has 1 unspecified atom stereocenters. The van der Waals surface area contributed by atoms with Crippen molar-refractivity contribution in [2.24, 2.45) is 4.99 Å². The molecule has 0 saturated carbocycles. The van der Waals surface area contributed by atoms with Gasteiger partial charge in [0, 0.05) is 11.8 Å². The van der Waals surface area contributed by atoms with Crippen LogP contribution in [0.15, 0.2) is 29.3 Å². The molecule has 1 aromatic rings. The van der Waals surface area contributed by atoms with E-state index in [-0.39, 0.29) is 0 Å². The van der Waals surface area contributed by atoms with Crippen LogP contribution in [0.3, 0.4) is 0 Å². The first kappa shape index (κ1) is 9.90. The van der Waals surface area contributed by atoms with E-state index in [1.807, 2.05) is 18.3 Å². The summed E-state index contributed by atoms with van der Waals surface area (Å²) in [6, 6.07) is 7.62. The van der Waals surface area contributed by atoms with Gasteiger partial charge in [-0.1, -0.05) is 0 Å². The molecule has 0 aromatic heterocycles. The first-order valence-electron chi connectivity index (χ1n) is 5.10. The molecule has 1 atom stereocenters. The van der Waals surface area contributed by atoms with Gasteiger partial charge in [0.2, 0.25) is 0 Å². The summed E-state index contributed by atoms with van der Waals surface area (Å²) >= 11 is 0. The van der Waals surface area contributed by atoms with E-state index in [1.165, 1.54) is 0 Å². The monoisotopic (exact) mass is 203 g/mol. The third kappa shape index (κ3) is 3.20. The Morgan fingerprint density at radius 1 is 1.33 bits per heavy atom. The van der Waals surface area contributed by atoms with Gasteiger partial charge in [-0.25, -0.2) is 0 Å². The Bertz CT molecular complexity index is 350. The van der Waals surface area contributed by atoms with E-state index in [2.05, 4.69) is 4.99 Å². The molecule has 2 rings (SSSR count). The highest BCUT2D eigenvalue weighted by Crippen LogP contribution is 2.13. The Kier molecular flexibility index (Phi) is 3.12. The largest absolute Gasteiger partial charge is 0.494 e. The second kappa shape index (κ2) is 4.73. The van der Waals surface area contributed by atoms with Crippen molar-refractivity contribution >= 4 is 12.5 Å². The van der Waals surface area contributed by atoms with Crippen LogP contribution in [0.1, 0.15) is 23.2 Å². The number of aldehydes is 1. The average Bonchev–Trinajstić information content (AvgIpc) is 3.09. The Labute approximate surface area is 88.8 Å². The SMILES string of the molecule is O=Cc1ccc(OCCCC2C=N2)cc1. The smallest absolute Gasteiger partial charge is 0.150 e. The second-order valence-corrected chi connectivity index (χ2v) is 3.54. The molecule has 0 N–H and O–H groups in total. The van der Waals surface area contributed by atoms with Crippen molar-refractivity contribution in [3.05, 3.63) is 29.8 Å². The maximum atomic E-state index is 10.4. The van der Waals surface area contributed by atoms with Crippen molar-refractivity contribution in [1.29, 1.82) is 0 Å². The lowest BCUT2D eigenvalue weighted by atomic mass is 10.2. The van der Waals surface area contributed by atoms with Gasteiger partial charge in [-0.05, 0) is 37.1 Å². The van der Waals surface area contributed by atoms with Crippen LogP contribution in [-0.4, -0.2) is 25.1 Å². The van der Waals surface area contributed by atoms with Gasteiger partial charge in [-0.2, -0.15) is 0 Å². The Morgan fingerprint density at radius 2 is 2.07 bits per heavy atom. The molecule has 15 heavy (non-hydrogen) atoms. The first-order valence-corrected chi connectivity index (χ1v) is 5.10. The van der Waals surface area contributed by atoms with E-state index in [4.69, 9.17) is 4.74 Å². The summed E-state index contributed by atoms with van der Waals surface area (Å²) < 4.78 is 5.51. The van der Waals surface area contributed by atoms with Crippen LogP contribution in [0.5, 0.6) is 5.75 Å². The number of hydrogen-bond acceptors (Lipinski definition) is 3. The predicted molar refractivity (Wildman–Crippen MR) is 58.8 cm³/mol. The fourth-order valence-electron chi connectivity index (χ4n) is 1.34. The van der Waals surface area contributed by atoms with Crippen LogP contribution in [-0.2, 0) is 0 Å². The number of aliphatic imine (C=N–C) groups is 1. The van der Waals surface area contributed by atoms with E-state index in [9.17, 15) is 4.79 Å². The van der Waals surface area contributed by atoms with Crippen molar-refractivity contribution in [3.63, 3.8) is 0 Å². The van der Waals surface area contributed by atoms with Crippen LogP contribution in [0.25, 0.3) is 0 Å². The molecule has 0 saturated heterocycles. The van der Waals surface area contributed by atoms with Gasteiger partial charge in [0.25, 0.3) is 0 Å². The van der Waals surface area contributed by atoms with E-state index >= 15 is 0 Å². The molecular weight excluding hydrogens is 190 g/mol. The average molecular weight is 203 g/mol. The molecule has 0 bridgehead atoms. The minimum absolute atomic E-state index is 0.478. The molecule has 0 spiro atoms. The topological polar surface area (TPSA) is 38.7 Å². The summed E-state index contributed by atoms with van der Waals surface area (Å²) in [6.45, 7) is 0.709. The molecule has 1 heterocycles. The van der Waals surface area contributed by atoms with Crippen molar-refractivity contribution in [1.82, 2.24) is 0 Å². The lowest BCUT2D eigenvalue weighted by molar-refractivity contribution is 0.112. The van der Waals surface area contributed by atoms with Gasteiger partial charge >= 0.3 is 0 Å². The van der Waals surface area contributed by atoms with E-state index < -0.39 is 0 Å². The van der Waals surface area contributed by atoms with Crippen molar-refractivity contribution < 1.29 is 9.53 Å². The molecule has 3 heteroatoms. The summed E-state index contributed by atoms with van der Waals surface area (Å²) in [6.07, 6.45) is 4.87. The molecule has 3 nitrogen and oxygen atoms in total. The molecule has 0 amide bonds. The second-order valence-electron chi connectivity index (χ2n) is 3.54. The summed E-state index contributed by atoms with van der Waals surface area (Å²) in [5.74, 6) is 0.817. The van der Waals surface area contributed by atoms with Gasteiger partial charge in [-0.15, -0.1) is 0 Å². The number of nitrogens with zero attached hydrogens (tertiary/aromatic N) is 1. The van der Waals surface area contributed by atoms with E-state index in [0.29, 0.717) is 18.2 Å². The fourth-order valence-corrected chi connectivity index (χ4v) is 1.34. The fraction of sp³-hybridized carbons (Fsp3) is 0.333. The van der Waals surface area contributed by atoms with Gasteiger partial charge in [-0.3, -0.25) is 9.79 Å².